The third-order valence-corrected chi connectivity index (χ3v) is 3.78. The first-order valence-corrected chi connectivity index (χ1v) is 7.18. The molecule has 0 aliphatic heterocycles. The molecule has 0 aromatic carbocycles. The Kier molecular flexibility index (Phi) is 5.29. The zero-order chi connectivity index (χ0) is 14.6. The lowest BCUT2D eigenvalue weighted by Crippen LogP contribution is -2.28. The van der Waals surface area contributed by atoms with Crippen LogP contribution in [-0.2, 0) is 0 Å². The number of aromatic nitrogens is 1. The van der Waals surface area contributed by atoms with Gasteiger partial charge in [-0.3, -0.25) is 0 Å². The van der Waals surface area contributed by atoms with Crippen molar-refractivity contribution in [2.75, 3.05) is 11.9 Å². The Morgan fingerprint density at radius 1 is 1.47 bits per heavy atom. The largest absolute Gasteiger partial charge is 0.485 e. The van der Waals surface area contributed by atoms with E-state index < -0.39 is 4.92 Å². The van der Waals surface area contributed by atoms with Crippen molar-refractivity contribution < 1.29 is 9.66 Å². The Labute approximate surface area is 121 Å². The highest BCUT2D eigenvalue weighted by Gasteiger charge is 2.26. The molecule has 1 rings (SSSR count). The second-order valence-electron chi connectivity index (χ2n) is 5.56. The van der Waals surface area contributed by atoms with Crippen LogP contribution in [0.3, 0.4) is 0 Å². The van der Waals surface area contributed by atoms with Crippen molar-refractivity contribution in [3.63, 3.8) is 0 Å². The molecular formula is C13H19BrN2O3. The molecule has 19 heavy (non-hydrogen) atoms. The molecule has 0 bridgehead atoms. The van der Waals surface area contributed by atoms with Gasteiger partial charge in [-0.1, -0.05) is 36.7 Å². The van der Waals surface area contributed by atoms with Crippen molar-refractivity contribution in [1.29, 1.82) is 0 Å². The fourth-order valence-electron chi connectivity index (χ4n) is 1.49. The van der Waals surface area contributed by atoms with E-state index in [1.165, 1.54) is 0 Å². The minimum absolute atomic E-state index is 0.0659. The molecule has 1 aromatic heterocycles. The molecular weight excluding hydrogens is 312 g/mol. The summed E-state index contributed by atoms with van der Waals surface area (Å²) in [4.78, 5) is 14.3. The monoisotopic (exact) mass is 330 g/mol. The highest BCUT2D eigenvalue weighted by atomic mass is 79.9. The molecule has 5 nitrogen and oxygen atoms in total. The fourth-order valence-corrected chi connectivity index (χ4v) is 2.65. The van der Waals surface area contributed by atoms with Crippen LogP contribution in [0.15, 0.2) is 12.1 Å². The zero-order valence-corrected chi connectivity index (χ0v) is 13.2. The van der Waals surface area contributed by atoms with Gasteiger partial charge in [0.25, 0.3) is 0 Å². The van der Waals surface area contributed by atoms with Crippen molar-refractivity contribution >= 4 is 21.7 Å². The Morgan fingerprint density at radius 3 is 2.58 bits per heavy atom. The second-order valence-corrected chi connectivity index (χ2v) is 6.21. The summed E-state index contributed by atoms with van der Waals surface area (Å²) in [6, 6.07) is 3.32. The van der Waals surface area contributed by atoms with Gasteiger partial charge in [-0.25, -0.2) is 0 Å². The molecule has 0 aliphatic carbocycles. The van der Waals surface area contributed by atoms with Crippen LogP contribution >= 0.6 is 15.9 Å². The molecule has 1 aromatic rings. The highest BCUT2D eigenvalue weighted by Crippen LogP contribution is 2.30. The van der Waals surface area contributed by atoms with Crippen molar-refractivity contribution in [2.24, 2.45) is 11.3 Å². The van der Waals surface area contributed by atoms with Gasteiger partial charge < -0.3 is 14.9 Å². The van der Waals surface area contributed by atoms with Crippen molar-refractivity contribution in [1.82, 2.24) is 4.98 Å². The SMILES string of the molecule is Cc1ccc(OCC(CBr)C(C)(C)C)c([N+](=O)[O-])n1. The lowest BCUT2D eigenvalue weighted by molar-refractivity contribution is -0.390. The van der Waals surface area contributed by atoms with E-state index in [0.29, 0.717) is 12.3 Å². The summed E-state index contributed by atoms with van der Waals surface area (Å²) in [5.41, 5.74) is 0.670. The molecule has 0 radical (unpaired) electrons. The third kappa shape index (κ3) is 4.45. The number of alkyl halides is 1. The number of rotatable bonds is 5. The number of halogens is 1. The van der Waals surface area contributed by atoms with E-state index in [2.05, 4.69) is 41.7 Å². The molecule has 0 N–H and O–H groups in total. The first-order valence-electron chi connectivity index (χ1n) is 6.06. The molecule has 0 saturated heterocycles. The predicted molar refractivity (Wildman–Crippen MR) is 77.9 cm³/mol. The summed E-state index contributed by atoms with van der Waals surface area (Å²) in [6.07, 6.45) is 0. The van der Waals surface area contributed by atoms with Crippen LogP contribution in [0.4, 0.5) is 5.82 Å². The minimum Gasteiger partial charge on any atom is -0.485 e. The number of aryl methyl sites for hydroxylation is 1. The number of hydrogen-bond donors (Lipinski definition) is 0. The molecule has 1 heterocycles. The average molecular weight is 331 g/mol. The maximum Gasteiger partial charge on any atom is 0.406 e. The van der Waals surface area contributed by atoms with Crippen LogP contribution in [-0.4, -0.2) is 21.8 Å². The first kappa shape index (κ1) is 15.9. The maximum absolute atomic E-state index is 10.9. The molecule has 0 spiro atoms. The number of pyridine rings is 1. The van der Waals surface area contributed by atoms with Gasteiger partial charge in [0.05, 0.1) is 6.61 Å². The van der Waals surface area contributed by atoms with Gasteiger partial charge in [0, 0.05) is 18.2 Å². The van der Waals surface area contributed by atoms with Crippen molar-refractivity contribution in [3.8, 4) is 5.75 Å². The quantitative estimate of drug-likeness (QED) is 0.468. The van der Waals surface area contributed by atoms with Crippen LogP contribution < -0.4 is 4.74 Å². The highest BCUT2D eigenvalue weighted by molar-refractivity contribution is 9.09. The van der Waals surface area contributed by atoms with Crippen LogP contribution in [0.25, 0.3) is 0 Å². The Bertz CT molecular complexity index is 458. The van der Waals surface area contributed by atoms with Crippen LogP contribution in [0.1, 0.15) is 26.5 Å². The van der Waals surface area contributed by atoms with Gasteiger partial charge in [0.2, 0.25) is 5.75 Å². The number of ether oxygens (including phenoxy) is 1. The van der Waals surface area contributed by atoms with Gasteiger partial charge in [-0.05, 0) is 27.5 Å². The van der Waals surface area contributed by atoms with Gasteiger partial charge in [0.15, 0.2) is 0 Å². The molecule has 0 fully saturated rings. The predicted octanol–water partition coefficient (Wildman–Crippen LogP) is 3.73. The van der Waals surface area contributed by atoms with Crippen LogP contribution in [0.5, 0.6) is 5.75 Å². The molecule has 1 unspecified atom stereocenters. The number of nitrogens with zero attached hydrogens (tertiary/aromatic N) is 2. The Balaban J connectivity index is 2.86. The minimum atomic E-state index is -0.511. The Morgan fingerprint density at radius 2 is 2.11 bits per heavy atom. The maximum atomic E-state index is 10.9. The van der Waals surface area contributed by atoms with Gasteiger partial charge in [-0.2, -0.15) is 0 Å². The van der Waals surface area contributed by atoms with E-state index in [1.54, 1.807) is 19.1 Å². The van der Waals surface area contributed by atoms with Gasteiger partial charge in [0.1, 0.15) is 5.69 Å². The Hall–Kier alpha value is -1.17. The topological polar surface area (TPSA) is 65.3 Å². The zero-order valence-electron chi connectivity index (χ0n) is 11.6. The van der Waals surface area contributed by atoms with Crippen molar-refractivity contribution in [2.45, 2.75) is 27.7 Å². The van der Waals surface area contributed by atoms with E-state index in [9.17, 15) is 10.1 Å². The van der Waals surface area contributed by atoms with E-state index in [1.807, 2.05) is 0 Å². The van der Waals surface area contributed by atoms with Crippen molar-refractivity contribution in [3.05, 3.63) is 27.9 Å². The molecule has 0 amide bonds. The summed E-state index contributed by atoms with van der Waals surface area (Å²) in [5.74, 6) is 0.265. The second kappa shape index (κ2) is 6.32. The van der Waals surface area contributed by atoms with Gasteiger partial charge >= 0.3 is 5.82 Å². The van der Waals surface area contributed by atoms with Crippen LogP contribution in [0.2, 0.25) is 0 Å². The summed E-state index contributed by atoms with van der Waals surface area (Å²) >= 11 is 3.45. The molecule has 106 valence electrons. The molecule has 0 saturated carbocycles. The fraction of sp³-hybridized carbons (Fsp3) is 0.615. The number of hydrogen-bond acceptors (Lipinski definition) is 4. The summed E-state index contributed by atoms with van der Waals surface area (Å²) in [6.45, 7) is 8.48. The number of nitro groups is 1. The molecule has 6 heteroatoms. The van der Waals surface area contributed by atoms with Gasteiger partial charge in [-0.15, -0.1) is 0 Å². The molecule has 1 atom stereocenters. The van der Waals surface area contributed by atoms with E-state index in [0.717, 1.165) is 5.33 Å². The summed E-state index contributed by atoms with van der Waals surface area (Å²) < 4.78 is 5.60. The van der Waals surface area contributed by atoms with Crippen LogP contribution in [0, 0.1) is 28.4 Å². The third-order valence-electron chi connectivity index (χ3n) is 3.00. The van der Waals surface area contributed by atoms with E-state index in [-0.39, 0.29) is 22.9 Å². The van der Waals surface area contributed by atoms with E-state index in [4.69, 9.17) is 4.74 Å². The first-order chi connectivity index (χ1) is 8.75. The molecule has 0 aliphatic rings. The average Bonchev–Trinajstić information content (AvgIpc) is 2.29. The summed E-state index contributed by atoms with van der Waals surface area (Å²) in [7, 11) is 0. The standard InChI is InChI=1S/C13H19BrN2O3/c1-9-5-6-11(12(15-9)16(17)18)19-8-10(7-14)13(2,3)4/h5-6,10H,7-8H2,1-4H3. The summed E-state index contributed by atoms with van der Waals surface area (Å²) in [5, 5.41) is 11.7. The normalized spacial score (nSPS) is 13.1. The lowest BCUT2D eigenvalue weighted by Gasteiger charge is -2.28. The lowest BCUT2D eigenvalue weighted by atomic mass is 9.83. The van der Waals surface area contributed by atoms with E-state index >= 15 is 0 Å². The smallest absolute Gasteiger partial charge is 0.406 e.